The molecule has 0 radical (unpaired) electrons. The molecule has 0 saturated carbocycles. The number of aryl methyl sites for hydroxylation is 1. The number of methoxy groups -OCH3 is 1. The maximum atomic E-state index is 6.06. The van der Waals surface area contributed by atoms with Gasteiger partial charge in [0.25, 0.3) is 0 Å². The van der Waals surface area contributed by atoms with Crippen LogP contribution in [0.1, 0.15) is 25.2 Å². The molecule has 0 spiro atoms. The zero-order chi connectivity index (χ0) is 12.8. The molecule has 17 heavy (non-hydrogen) atoms. The van der Waals surface area contributed by atoms with Crippen molar-refractivity contribution in [3.63, 3.8) is 0 Å². The van der Waals surface area contributed by atoms with Crippen LogP contribution < -0.4 is 5.32 Å². The second-order valence-corrected chi connectivity index (χ2v) is 4.56. The molecular weight excluding hydrogens is 238 g/mol. The Balaban J connectivity index is 2.72. The third-order valence-corrected chi connectivity index (χ3v) is 2.89. The van der Waals surface area contributed by atoms with E-state index in [1.165, 1.54) is 0 Å². The highest BCUT2D eigenvalue weighted by Crippen LogP contribution is 2.20. The van der Waals surface area contributed by atoms with Gasteiger partial charge in [0.1, 0.15) is 16.8 Å². The highest BCUT2D eigenvalue weighted by Gasteiger charge is 2.09. The number of nitrogens with one attached hydrogen (secondary N) is 1. The lowest BCUT2D eigenvalue weighted by Gasteiger charge is -2.14. The molecule has 0 aliphatic rings. The number of nitrogens with zero attached hydrogens (tertiary/aromatic N) is 2. The highest BCUT2D eigenvalue weighted by atomic mass is 35.5. The minimum absolute atomic E-state index is 0.429. The zero-order valence-electron chi connectivity index (χ0n) is 10.9. The van der Waals surface area contributed by atoms with Crippen molar-refractivity contribution in [1.82, 2.24) is 9.97 Å². The Labute approximate surface area is 108 Å². The molecule has 0 aliphatic carbocycles. The van der Waals surface area contributed by atoms with Gasteiger partial charge in [0.05, 0.1) is 6.61 Å². The largest absolute Gasteiger partial charge is 0.384 e. The van der Waals surface area contributed by atoms with E-state index in [1.807, 2.05) is 13.8 Å². The number of ether oxygens (including phenoxy) is 1. The highest BCUT2D eigenvalue weighted by molar-refractivity contribution is 6.30. The van der Waals surface area contributed by atoms with Gasteiger partial charge in [-0.1, -0.05) is 25.4 Å². The van der Waals surface area contributed by atoms with Crippen molar-refractivity contribution in [3.8, 4) is 0 Å². The van der Waals surface area contributed by atoms with E-state index in [0.29, 0.717) is 11.1 Å². The zero-order valence-corrected chi connectivity index (χ0v) is 11.6. The average Bonchev–Trinajstić information content (AvgIpc) is 2.31. The van der Waals surface area contributed by atoms with Crippen LogP contribution in [-0.2, 0) is 11.2 Å². The second-order valence-electron chi connectivity index (χ2n) is 4.20. The molecule has 0 bridgehead atoms. The summed E-state index contributed by atoms with van der Waals surface area (Å²) in [6.45, 7) is 7.59. The smallest absolute Gasteiger partial charge is 0.137 e. The van der Waals surface area contributed by atoms with E-state index >= 15 is 0 Å². The molecule has 4 nitrogen and oxygen atoms in total. The van der Waals surface area contributed by atoms with E-state index in [0.717, 1.165) is 36.8 Å². The monoisotopic (exact) mass is 257 g/mol. The van der Waals surface area contributed by atoms with Crippen LogP contribution in [0.3, 0.4) is 0 Å². The Morgan fingerprint density at radius 3 is 2.71 bits per heavy atom. The Morgan fingerprint density at radius 2 is 2.12 bits per heavy atom. The van der Waals surface area contributed by atoms with Crippen molar-refractivity contribution < 1.29 is 4.74 Å². The summed E-state index contributed by atoms with van der Waals surface area (Å²) in [5.74, 6) is 2.02. The van der Waals surface area contributed by atoms with Crippen molar-refractivity contribution in [2.75, 3.05) is 25.6 Å². The van der Waals surface area contributed by atoms with Gasteiger partial charge in [-0.3, -0.25) is 0 Å². The van der Waals surface area contributed by atoms with E-state index < -0.39 is 0 Å². The molecule has 1 N–H and O–H groups in total. The van der Waals surface area contributed by atoms with Crippen LogP contribution in [-0.4, -0.2) is 30.2 Å². The molecule has 1 atom stereocenters. The standard InChI is InChI=1S/C12H20ClN3O/c1-5-10-15-11(13)9(3)12(16-10)14-6-8(2)7-17-4/h8H,5-7H2,1-4H3,(H,14,15,16). The van der Waals surface area contributed by atoms with Gasteiger partial charge in [0, 0.05) is 25.6 Å². The van der Waals surface area contributed by atoms with Crippen LogP contribution in [0.5, 0.6) is 0 Å². The summed E-state index contributed by atoms with van der Waals surface area (Å²) in [7, 11) is 1.71. The summed E-state index contributed by atoms with van der Waals surface area (Å²) in [4.78, 5) is 8.64. The summed E-state index contributed by atoms with van der Waals surface area (Å²) in [5.41, 5.74) is 0.897. The van der Waals surface area contributed by atoms with Crippen LogP contribution in [0.25, 0.3) is 0 Å². The lowest BCUT2D eigenvalue weighted by atomic mass is 10.2. The summed E-state index contributed by atoms with van der Waals surface area (Å²) in [6.07, 6.45) is 0.780. The molecule has 1 heterocycles. The normalized spacial score (nSPS) is 12.5. The summed E-state index contributed by atoms with van der Waals surface area (Å²) in [6, 6.07) is 0. The van der Waals surface area contributed by atoms with Crippen LogP contribution in [0.4, 0.5) is 5.82 Å². The first kappa shape index (κ1) is 14.2. The summed E-state index contributed by atoms with van der Waals surface area (Å²) in [5, 5.41) is 3.82. The number of anilines is 1. The van der Waals surface area contributed by atoms with Gasteiger partial charge in [0.2, 0.25) is 0 Å². The molecule has 1 aromatic heterocycles. The van der Waals surface area contributed by atoms with Gasteiger partial charge in [-0.15, -0.1) is 0 Å². The number of hydrogen-bond donors (Lipinski definition) is 1. The summed E-state index contributed by atoms with van der Waals surface area (Å²) >= 11 is 6.06. The van der Waals surface area contributed by atoms with Gasteiger partial charge < -0.3 is 10.1 Å². The first-order valence-electron chi connectivity index (χ1n) is 5.84. The molecule has 0 aromatic carbocycles. The Kier molecular flexibility index (Phi) is 5.65. The summed E-state index contributed by atoms with van der Waals surface area (Å²) < 4.78 is 5.09. The second kappa shape index (κ2) is 6.77. The fourth-order valence-electron chi connectivity index (χ4n) is 1.48. The topological polar surface area (TPSA) is 47.0 Å². The van der Waals surface area contributed by atoms with E-state index in [2.05, 4.69) is 22.2 Å². The third-order valence-electron chi connectivity index (χ3n) is 2.52. The maximum Gasteiger partial charge on any atom is 0.137 e. The lowest BCUT2D eigenvalue weighted by molar-refractivity contribution is 0.164. The molecule has 0 fully saturated rings. The average molecular weight is 258 g/mol. The van der Waals surface area contributed by atoms with Crippen LogP contribution in [0.2, 0.25) is 5.15 Å². The molecule has 1 rings (SSSR count). The van der Waals surface area contributed by atoms with Crippen LogP contribution >= 0.6 is 11.6 Å². The predicted octanol–water partition coefficient (Wildman–Crippen LogP) is 2.70. The number of aromatic nitrogens is 2. The molecular formula is C12H20ClN3O. The van der Waals surface area contributed by atoms with Crippen LogP contribution in [0, 0.1) is 12.8 Å². The molecule has 0 amide bonds. The lowest BCUT2D eigenvalue weighted by Crippen LogP contribution is -2.17. The molecule has 5 heteroatoms. The van der Waals surface area contributed by atoms with Gasteiger partial charge in [-0.2, -0.15) is 0 Å². The van der Waals surface area contributed by atoms with E-state index in [-0.39, 0.29) is 0 Å². The molecule has 1 aromatic rings. The fourth-order valence-corrected chi connectivity index (χ4v) is 1.66. The minimum Gasteiger partial charge on any atom is -0.384 e. The van der Waals surface area contributed by atoms with Crippen molar-refractivity contribution in [2.45, 2.75) is 27.2 Å². The fraction of sp³-hybridized carbons (Fsp3) is 0.667. The Bertz CT molecular complexity index is 371. The molecule has 0 aliphatic heterocycles. The van der Waals surface area contributed by atoms with Crippen molar-refractivity contribution in [2.24, 2.45) is 5.92 Å². The number of hydrogen-bond acceptors (Lipinski definition) is 4. The Morgan fingerprint density at radius 1 is 1.41 bits per heavy atom. The predicted molar refractivity (Wildman–Crippen MR) is 70.7 cm³/mol. The van der Waals surface area contributed by atoms with Crippen molar-refractivity contribution in [1.29, 1.82) is 0 Å². The molecule has 96 valence electrons. The van der Waals surface area contributed by atoms with Gasteiger partial charge in [0.15, 0.2) is 0 Å². The molecule has 1 unspecified atom stereocenters. The van der Waals surface area contributed by atoms with E-state index in [9.17, 15) is 0 Å². The van der Waals surface area contributed by atoms with Gasteiger partial charge in [-0.05, 0) is 12.8 Å². The van der Waals surface area contributed by atoms with E-state index in [1.54, 1.807) is 7.11 Å². The quantitative estimate of drug-likeness (QED) is 0.796. The number of rotatable bonds is 6. The van der Waals surface area contributed by atoms with Crippen molar-refractivity contribution >= 4 is 17.4 Å². The first-order valence-corrected chi connectivity index (χ1v) is 6.22. The Hall–Kier alpha value is -0.870. The number of halogens is 1. The molecule has 0 saturated heterocycles. The van der Waals surface area contributed by atoms with Gasteiger partial charge >= 0.3 is 0 Å². The van der Waals surface area contributed by atoms with Crippen molar-refractivity contribution in [3.05, 3.63) is 16.5 Å². The minimum atomic E-state index is 0.429. The first-order chi connectivity index (χ1) is 8.08. The third kappa shape index (κ3) is 4.13. The van der Waals surface area contributed by atoms with Gasteiger partial charge in [-0.25, -0.2) is 9.97 Å². The SMILES string of the molecule is CCc1nc(Cl)c(C)c(NCC(C)COC)n1. The maximum absolute atomic E-state index is 6.06. The van der Waals surface area contributed by atoms with E-state index in [4.69, 9.17) is 16.3 Å². The van der Waals surface area contributed by atoms with Crippen LogP contribution in [0.15, 0.2) is 0 Å².